The van der Waals surface area contributed by atoms with Gasteiger partial charge in [-0.3, -0.25) is 13.6 Å². The van der Waals surface area contributed by atoms with Gasteiger partial charge in [-0.15, -0.1) is 0 Å². The van der Waals surface area contributed by atoms with Crippen molar-refractivity contribution in [3.63, 3.8) is 0 Å². The van der Waals surface area contributed by atoms with Crippen molar-refractivity contribution in [2.75, 3.05) is 31.7 Å². The zero-order valence-electron chi connectivity index (χ0n) is 9.57. The monoisotopic (exact) mass is 305 g/mol. The Labute approximate surface area is 100 Å². The molecule has 15 heavy (non-hydrogen) atoms. The number of halogens is 1. The second-order valence-electron chi connectivity index (χ2n) is 2.18. The van der Waals surface area contributed by atoms with Crippen LogP contribution in [0.1, 0.15) is 20.8 Å². The van der Waals surface area contributed by atoms with Crippen LogP contribution in [0.25, 0.3) is 0 Å². The average Bonchev–Trinajstić information content (AvgIpc) is 2.19. The lowest BCUT2D eigenvalue weighted by Gasteiger charge is -2.14. The van der Waals surface area contributed by atoms with E-state index in [1.54, 1.807) is 20.8 Å². The zero-order chi connectivity index (χ0) is 12.2. The van der Waals surface area contributed by atoms with Gasteiger partial charge in [-0.1, -0.05) is 15.9 Å². The molecule has 2 N–H and O–H groups in total. The minimum atomic E-state index is -3.22. The van der Waals surface area contributed by atoms with Crippen molar-refractivity contribution < 1.29 is 18.1 Å². The van der Waals surface area contributed by atoms with Crippen LogP contribution in [0.2, 0.25) is 0 Å². The fourth-order valence-electron chi connectivity index (χ4n) is 0.586. The Morgan fingerprint density at radius 1 is 1.07 bits per heavy atom. The molecule has 0 radical (unpaired) electrons. The maximum absolute atomic E-state index is 11.3. The summed E-state index contributed by atoms with van der Waals surface area (Å²) >= 11 is 3.12. The van der Waals surface area contributed by atoms with Crippen LogP contribution >= 0.6 is 23.8 Å². The molecule has 0 saturated carbocycles. The van der Waals surface area contributed by atoms with Crippen LogP contribution in [0.15, 0.2) is 0 Å². The molecule has 7 heteroatoms. The Kier molecular flexibility index (Phi) is 15.1. The third kappa shape index (κ3) is 12.5. The molecule has 0 heterocycles. The molecule has 0 unspecified atom stereocenters. The predicted molar refractivity (Wildman–Crippen MR) is 65.3 cm³/mol. The maximum atomic E-state index is 11.3. The van der Waals surface area contributed by atoms with E-state index in [1.165, 1.54) is 0 Å². The third-order valence-electron chi connectivity index (χ3n) is 0.971. The van der Waals surface area contributed by atoms with Gasteiger partial charge in [-0.25, -0.2) is 4.57 Å². The molecule has 0 bridgehead atoms. The molecule has 0 aliphatic carbocycles. The largest absolute Gasteiger partial charge is 0.474 e. The number of hydrogen-bond donors (Lipinski definition) is 1. The van der Waals surface area contributed by atoms with E-state index in [4.69, 9.17) is 19.3 Å². The Hall–Kier alpha value is 0.550. The van der Waals surface area contributed by atoms with Gasteiger partial charge in [0.2, 0.25) is 0 Å². The first-order chi connectivity index (χ1) is 7.10. The maximum Gasteiger partial charge on any atom is 0.474 e. The fourth-order valence-corrected chi connectivity index (χ4v) is 1.76. The highest BCUT2D eigenvalue weighted by molar-refractivity contribution is 9.09. The highest BCUT2D eigenvalue weighted by atomic mass is 79.9. The third-order valence-corrected chi connectivity index (χ3v) is 3.15. The van der Waals surface area contributed by atoms with Crippen LogP contribution in [0, 0.1) is 0 Å². The molecule has 0 saturated heterocycles. The molecule has 0 aromatic carbocycles. The van der Waals surface area contributed by atoms with Gasteiger partial charge in [0.25, 0.3) is 0 Å². The van der Waals surface area contributed by atoms with Crippen molar-refractivity contribution in [3.05, 3.63) is 0 Å². The number of nitrogens with two attached hydrogens (primary N) is 1. The quantitative estimate of drug-likeness (QED) is 0.578. The van der Waals surface area contributed by atoms with Gasteiger partial charge < -0.3 is 5.73 Å². The van der Waals surface area contributed by atoms with Crippen LogP contribution in [0.4, 0.5) is 0 Å². The summed E-state index contributed by atoms with van der Waals surface area (Å²) < 4.78 is 25.8. The van der Waals surface area contributed by atoms with Gasteiger partial charge in [-0.2, -0.15) is 0 Å². The van der Waals surface area contributed by atoms with Crippen LogP contribution in [0.5, 0.6) is 0 Å². The molecule has 0 spiro atoms. The van der Waals surface area contributed by atoms with Gasteiger partial charge in [0, 0.05) is 11.9 Å². The van der Waals surface area contributed by atoms with Crippen molar-refractivity contribution in [3.8, 4) is 0 Å². The average molecular weight is 306 g/mol. The molecular formula is C8H21BrNO4P. The molecule has 0 aromatic heterocycles. The molecule has 0 rings (SSSR count). The topological polar surface area (TPSA) is 70.8 Å². The first-order valence-electron chi connectivity index (χ1n) is 4.89. The summed E-state index contributed by atoms with van der Waals surface area (Å²) in [7, 11) is -3.22. The lowest BCUT2D eigenvalue weighted by Crippen LogP contribution is -1.99. The molecular weight excluding hydrogens is 285 g/mol. The van der Waals surface area contributed by atoms with Gasteiger partial charge in [0.1, 0.15) is 0 Å². The molecule has 0 atom stereocenters. The van der Waals surface area contributed by atoms with Crippen molar-refractivity contribution in [2.24, 2.45) is 5.73 Å². The van der Waals surface area contributed by atoms with Crippen molar-refractivity contribution >= 4 is 23.8 Å². The second-order valence-corrected chi connectivity index (χ2v) is 4.64. The molecule has 5 nitrogen and oxygen atoms in total. The molecule has 0 aliphatic heterocycles. The van der Waals surface area contributed by atoms with Gasteiger partial charge in [0.15, 0.2) is 0 Å². The minimum Gasteiger partial charge on any atom is -0.330 e. The van der Waals surface area contributed by atoms with Crippen LogP contribution in [0.3, 0.4) is 0 Å². The summed E-state index contributed by atoms with van der Waals surface area (Å²) in [6, 6.07) is 0. The lowest BCUT2D eigenvalue weighted by molar-refractivity contribution is 0.126. The molecule has 94 valence electrons. The van der Waals surface area contributed by atoms with Gasteiger partial charge in [-0.05, 0) is 20.8 Å². The fraction of sp³-hybridized carbons (Fsp3) is 1.00. The Balaban J connectivity index is 0. The molecule has 0 amide bonds. The van der Waals surface area contributed by atoms with E-state index < -0.39 is 7.82 Å². The summed E-state index contributed by atoms with van der Waals surface area (Å²) in [5.74, 6) is 0. The Morgan fingerprint density at radius 2 is 1.33 bits per heavy atom. The van der Waals surface area contributed by atoms with Crippen molar-refractivity contribution in [1.29, 1.82) is 0 Å². The van der Waals surface area contributed by atoms with Crippen molar-refractivity contribution in [1.82, 2.24) is 0 Å². The van der Waals surface area contributed by atoms with E-state index in [0.717, 1.165) is 11.9 Å². The van der Waals surface area contributed by atoms with Gasteiger partial charge >= 0.3 is 7.82 Å². The van der Waals surface area contributed by atoms with E-state index in [-0.39, 0.29) is 0 Å². The SMILES string of the molecule is CCOP(=O)(OCC)OCC.NCCBr. The van der Waals surface area contributed by atoms with E-state index in [0.29, 0.717) is 19.8 Å². The zero-order valence-corrected chi connectivity index (χ0v) is 12.1. The number of hydrogen-bond acceptors (Lipinski definition) is 5. The van der Waals surface area contributed by atoms with E-state index in [2.05, 4.69) is 15.9 Å². The molecule has 0 aliphatic rings. The highest BCUT2D eigenvalue weighted by Crippen LogP contribution is 2.48. The number of rotatable bonds is 7. The smallest absolute Gasteiger partial charge is 0.330 e. The summed E-state index contributed by atoms with van der Waals surface area (Å²) in [4.78, 5) is 0. The van der Waals surface area contributed by atoms with Crippen molar-refractivity contribution in [2.45, 2.75) is 20.8 Å². The lowest BCUT2D eigenvalue weighted by atomic mass is 10.8. The summed E-state index contributed by atoms with van der Waals surface area (Å²) in [6.07, 6.45) is 0. The van der Waals surface area contributed by atoms with E-state index in [1.807, 2.05) is 0 Å². The van der Waals surface area contributed by atoms with Crippen LogP contribution in [-0.4, -0.2) is 31.7 Å². The molecule has 0 aromatic rings. The van der Waals surface area contributed by atoms with Gasteiger partial charge in [0.05, 0.1) is 19.8 Å². The van der Waals surface area contributed by atoms with E-state index >= 15 is 0 Å². The predicted octanol–water partition coefficient (Wildman–Crippen LogP) is 2.54. The Bertz CT molecular complexity index is 145. The Morgan fingerprint density at radius 3 is 1.47 bits per heavy atom. The molecule has 0 fully saturated rings. The summed E-state index contributed by atoms with van der Waals surface area (Å²) in [5, 5.41) is 0.910. The minimum absolute atomic E-state index is 0.331. The highest BCUT2D eigenvalue weighted by Gasteiger charge is 2.23. The van der Waals surface area contributed by atoms with Crippen LogP contribution in [-0.2, 0) is 18.1 Å². The second kappa shape index (κ2) is 12.6. The summed E-state index contributed by atoms with van der Waals surface area (Å²) in [5.41, 5.74) is 4.98. The summed E-state index contributed by atoms with van der Waals surface area (Å²) in [6.45, 7) is 6.95. The number of phosphoric acid groups is 1. The van der Waals surface area contributed by atoms with Crippen LogP contribution < -0.4 is 5.73 Å². The number of phosphoric ester groups is 1. The first-order valence-corrected chi connectivity index (χ1v) is 7.48. The normalized spacial score (nSPS) is 10.7. The number of alkyl halides is 1. The standard InChI is InChI=1S/C6H15O4P.C2H6BrN/c1-4-8-11(7,9-5-2)10-6-3;3-1-2-4/h4-6H2,1-3H3;1-2,4H2. The first kappa shape index (κ1) is 17.9. The van der Waals surface area contributed by atoms with E-state index in [9.17, 15) is 4.57 Å².